The van der Waals surface area contributed by atoms with E-state index >= 15 is 0 Å². The normalized spacial score (nSPS) is 33.0. The largest absolute Gasteiger partial charge is 0.379 e. The number of piperidine rings is 1. The summed E-state index contributed by atoms with van der Waals surface area (Å²) in [4.78, 5) is 2.72. The highest BCUT2D eigenvalue weighted by Gasteiger charge is 2.35. The smallest absolute Gasteiger partial charge is 0.0602 e. The Balaban J connectivity index is 1.62. The molecule has 2 fully saturated rings. The zero-order valence-corrected chi connectivity index (χ0v) is 16.3. The summed E-state index contributed by atoms with van der Waals surface area (Å²) in [6.45, 7) is 16.6. The highest BCUT2D eigenvalue weighted by molar-refractivity contribution is 4.87. The quantitative estimate of drug-likeness (QED) is 0.688. The van der Waals surface area contributed by atoms with Crippen molar-refractivity contribution in [1.82, 2.24) is 4.90 Å². The molecule has 1 aliphatic heterocycles. The van der Waals surface area contributed by atoms with E-state index in [0.29, 0.717) is 12.2 Å². The van der Waals surface area contributed by atoms with Gasteiger partial charge in [-0.3, -0.25) is 0 Å². The van der Waals surface area contributed by atoms with E-state index in [0.717, 1.165) is 24.5 Å². The summed E-state index contributed by atoms with van der Waals surface area (Å²) < 4.78 is 11.8. The predicted octanol–water partition coefficient (Wildman–Crippen LogP) is 4.50. The molecule has 0 aromatic rings. The summed E-state index contributed by atoms with van der Waals surface area (Å²) in [5, 5.41) is 0. The average molecular weight is 326 g/mol. The summed E-state index contributed by atoms with van der Waals surface area (Å²) in [5.41, 5.74) is 0.0132. The fraction of sp³-hybridized carbons (Fsp3) is 1.00. The lowest BCUT2D eigenvalue weighted by molar-refractivity contribution is -0.117. The first-order valence-corrected chi connectivity index (χ1v) is 9.76. The number of ether oxygens (including phenoxy) is 2. The van der Waals surface area contributed by atoms with Gasteiger partial charge < -0.3 is 14.4 Å². The first kappa shape index (κ1) is 19.2. The molecule has 2 unspecified atom stereocenters. The molecule has 0 aromatic heterocycles. The van der Waals surface area contributed by atoms with E-state index in [-0.39, 0.29) is 5.60 Å². The molecule has 2 rings (SSSR count). The van der Waals surface area contributed by atoms with Crippen molar-refractivity contribution in [3.05, 3.63) is 0 Å². The van der Waals surface area contributed by atoms with Crippen LogP contribution in [-0.2, 0) is 9.47 Å². The van der Waals surface area contributed by atoms with Crippen LogP contribution in [0.3, 0.4) is 0 Å². The van der Waals surface area contributed by atoms with Gasteiger partial charge in [0.25, 0.3) is 0 Å². The fourth-order valence-electron chi connectivity index (χ4n) is 4.07. The summed E-state index contributed by atoms with van der Waals surface area (Å²) in [6, 6.07) is 0.732. The van der Waals surface area contributed by atoms with Crippen LogP contribution in [0.1, 0.15) is 73.6 Å². The predicted molar refractivity (Wildman–Crippen MR) is 96.8 cm³/mol. The molecule has 1 saturated carbocycles. The highest BCUT2D eigenvalue weighted by atomic mass is 16.5. The van der Waals surface area contributed by atoms with Gasteiger partial charge in [0.05, 0.1) is 17.8 Å². The number of hydrogen-bond acceptors (Lipinski definition) is 3. The summed E-state index contributed by atoms with van der Waals surface area (Å²) in [6.07, 6.45) is 7.31. The summed E-state index contributed by atoms with van der Waals surface area (Å²) in [7, 11) is 0. The SMILES string of the molecule is CC(C)OCCC1CCN(CC2CC(OC(C)(C)C)C2)C(C)C1. The molecule has 23 heavy (non-hydrogen) atoms. The summed E-state index contributed by atoms with van der Waals surface area (Å²) >= 11 is 0. The van der Waals surface area contributed by atoms with Gasteiger partial charge in [-0.2, -0.15) is 0 Å². The first-order valence-electron chi connectivity index (χ1n) is 9.76. The Labute approximate surface area is 144 Å². The zero-order chi connectivity index (χ0) is 17.0. The van der Waals surface area contributed by atoms with Crippen LogP contribution in [0.15, 0.2) is 0 Å². The molecule has 2 atom stereocenters. The van der Waals surface area contributed by atoms with Crippen LogP contribution in [0.2, 0.25) is 0 Å². The molecule has 3 nitrogen and oxygen atoms in total. The van der Waals surface area contributed by atoms with Crippen LogP contribution in [0.25, 0.3) is 0 Å². The summed E-state index contributed by atoms with van der Waals surface area (Å²) in [5.74, 6) is 1.71. The Morgan fingerprint density at radius 1 is 1.09 bits per heavy atom. The van der Waals surface area contributed by atoms with Gasteiger partial charge >= 0.3 is 0 Å². The Morgan fingerprint density at radius 3 is 2.35 bits per heavy atom. The number of rotatable bonds is 7. The van der Waals surface area contributed by atoms with Gasteiger partial charge in [-0.15, -0.1) is 0 Å². The third-order valence-electron chi connectivity index (χ3n) is 5.31. The van der Waals surface area contributed by atoms with Gasteiger partial charge in [0.1, 0.15) is 0 Å². The van der Waals surface area contributed by atoms with Crippen molar-refractivity contribution in [2.24, 2.45) is 11.8 Å². The van der Waals surface area contributed by atoms with Crippen LogP contribution in [0.5, 0.6) is 0 Å². The molecular formula is C20H39NO2. The minimum absolute atomic E-state index is 0.0132. The third kappa shape index (κ3) is 6.72. The lowest BCUT2D eigenvalue weighted by Crippen LogP contribution is -2.48. The molecule has 0 spiro atoms. The van der Waals surface area contributed by atoms with Crippen LogP contribution >= 0.6 is 0 Å². The molecule has 2 aliphatic rings. The molecule has 1 heterocycles. The van der Waals surface area contributed by atoms with Gasteiger partial charge in [0.2, 0.25) is 0 Å². The first-order chi connectivity index (χ1) is 10.7. The topological polar surface area (TPSA) is 21.7 Å². The molecular weight excluding hydrogens is 286 g/mol. The van der Waals surface area contributed by atoms with Crippen molar-refractivity contribution in [3.8, 4) is 0 Å². The standard InChI is InChI=1S/C20H39NO2/c1-15(2)22-10-8-17-7-9-21(16(3)11-17)14-18-12-19(13-18)23-20(4,5)6/h15-19H,7-14H2,1-6H3. The van der Waals surface area contributed by atoms with Gasteiger partial charge in [0.15, 0.2) is 0 Å². The molecule has 1 saturated heterocycles. The number of nitrogens with zero attached hydrogens (tertiary/aromatic N) is 1. The van der Waals surface area contributed by atoms with Crippen LogP contribution in [0.4, 0.5) is 0 Å². The van der Waals surface area contributed by atoms with Crippen molar-refractivity contribution in [2.45, 2.75) is 97.5 Å². The minimum Gasteiger partial charge on any atom is -0.379 e. The molecule has 1 aliphatic carbocycles. The molecule has 0 radical (unpaired) electrons. The Kier molecular flexibility index (Phi) is 6.94. The maximum atomic E-state index is 6.07. The van der Waals surface area contributed by atoms with E-state index in [4.69, 9.17) is 9.47 Å². The van der Waals surface area contributed by atoms with Crippen molar-refractivity contribution in [1.29, 1.82) is 0 Å². The lowest BCUT2D eigenvalue weighted by Gasteiger charge is -2.45. The second-order valence-corrected chi connectivity index (χ2v) is 9.13. The molecule has 0 amide bonds. The van der Waals surface area contributed by atoms with E-state index in [1.165, 1.54) is 45.2 Å². The number of likely N-dealkylation sites (tertiary alicyclic amines) is 1. The van der Waals surface area contributed by atoms with Crippen molar-refractivity contribution in [3.63, 3.8) is 0 Å². The molecule has 0 bridgehead atoms. The van der Waals surface area contributed by atoms with Crippen molar-refractivity contribution < 1.29 is 9.47 Å². The van der Waals surface area contributed by atoms with Crippen molar-refractivity contribution >= 4 is 0 Å². The Bertz CT molecular complexity index is 344. The van der Waals surface area contributed by atoms with E-state index in [1.54, 1.807) is 0 Å². The Morgan fingerprint density at radius 2 is 1.78 bits per heavy atom. The monoisotopic (exact) mass is 325 g/mol. The molecule has 0 N–H and O–H groups in total. The third-order valence-corrected chi connectivity index (χ3v) is 5.31. The maximum absolute atomic E-state index is 6.07. The molecule has 136 valence electrons. The maximum Gasteiger partial charge on any atom is 0.0602 e. The van der Waals surface area contributed by atoms with E-state index in [2.05, 4.69) is 46.4 Å². The fourth-order valence-corrected chi connectivity index (χ4v) is 4.07. The van der Waals surface area contributed by atoms with E-state index in [1.807, 2.05) is 0 Å². The lowest BCUT2D eigenvalue weighted by atomic mass is 9.80. The second kappa shape index (κ2) is 8.31. The van der Waals surface area contributed by atoms with Gasteiger partial charge in [-0.1, -0.05) is 0 Å². The second-order valence-electron chi connectivity index (χ2n) is 9.13. The van der Waals surface area contributed by atoms with Gasteiger partial charge in [-0.25, -0.2) is 0 Å². The van der Waals surface area contributed by atoms with Crippen LogP contribution < -0.4 is 0 Å². The van der Waals surface area contributed by atoms with E-state index in [9.17, 15) is 0 Å². The Hall–Kier alpha value is -0.120. The number of hydrogen-bond donors (Lipinski definition) is 0. The van der Waals surface area contributed by atoms with Crippen LogP contribution in [-0.4, -0.2) is 48.4 Å². The highest BCUT2D eigenvalue weighted by Crippen LogP contribution is 2.35. The van der Waals surface area contributed by atoms with Gasteiger partial charge in [0, 0.05) is 19.2 Å². The minimum atomic E-state index is 0.0132. The molecule has 3 heteroatoms. The zero-order valence-electron chi connectivity index (χ0n) is 16.3. The van der Waals surface area contributed by atoms with Crippen LogP contribution in [0, 0.1) is 11.8 Å². The average Bonchev–Trinajstić information content (AvgIpc) is 2.37. The van der Waals surface area contributed by atoms with Crippen molar-refractivity contribution in [2.75, 3.05) is 19.7 Å². The molecule has 0 aromatic carbocycles. The van der Waals surface area contributed by atoms with E-state index < -0.39 is 0 Å². The van der Waals surface area contributed by atoms with Gasteiger partial charge in [-0.05, 0) is 92.0 Å².